The molecule has 0 aliphatic carbocycles. The minimum atomic E-state index is 0. The lowest BCUT2D eigenvalue weighted by molar-refractivity contribution is 0.189. The Morgan fingerprint density at radius 3 is 2.55 bits per heavy atom. The van der Waals surface area contributed by atoms with Gasteiger partial charge in [0.25, 0.3) is 0 Å². The lowest BCUT2D eigenvalue weighted by Gasteiger charge is -2.30. The predicted molar refractivity (Wildman–Crippen MR) is 141 cm³/mol. The molecule has 7 heteroatoms. The van der Waals surface area contributed by atoms with Crippen LogP contribution in [-0.2, 0) is 6.54 Å². The Bertz CT molecular complexity index is 823. The summed E-state index contributed by atoms with van der Waals surface area (Å²) >= 11 is 0. The van der Waals surface area contributed by atoms with Crippen LogP contribution in [0.4, 0.5) is 0 Å². The van der Waals surface area contributed by atoms with Crippen molar-refractivity contribution in [2.75, 3.05) is 33.2 Å². The number of unbranched alkanes of at least 4 members (excludes halogenated alkanes) is 1. The molecule has 1 aliphatic heterocycles. The molecule has 0 radical (unpaired) electrons. The Kier molecular flexibility index (Phi) is 10.8. The molecule has 2 aromatic rings. The van der Waals surface area contributed by atoms with E-state index in [-0.39, 0.29) is 24.0 Å². The number of piperidine rings is 1. The molecule has 0 unspecified atom stereocenters. The number of guanidine groups is 1. The number of rotatable bonds is 8. The highest BCUT2D eigenvalue weighted by Crippen LogP contribution is 2.17. The van der Waals surface area contributed by atoms with Gasteiger partial charge in [-0.25, -0.2) is 4.68 Å². The topological polar surface area (TPSA) is 57.5 Å². The third kappa shape index (κ3) is 7.79. The van der Waals surface area contributed by atoms with E-state index in [1.165, 1.54) is 44.5 Å². The van der Waals surface area contributed by atoms with Crippen LogP contribution >= 0.6 is 24.0 Å². The van der Waals surface area contributed by atoms with Crippen LogP contribution in [0.3, 0.4) is 0 Å². The molecule has 0 amide bonds. The number of aryl methyl sites for hydroxylation is 2. The Hall–Kier alpha value is -1.61. The van der Waals surface area contributed by atoms with Crippen molar-refractivity contribution >= 4 is 29.9 Å². The minimum absolute atomic E-state index is 0. The lowest BCUT2D eigenvalue weighted by atomic mass is 9.99. The van der Waals surface area contributed by atoms with Crippen molar-refractivity contribution in [2.45, 2.75) is 53.0 Å². The summed E-state index contributed by atoms with van der Waals surface area (Å²) in [6.07, 6.45) is 5.11. The summed E-state index contributed by atoms with van der Waals surface area (Å²) in [6, 6.07) is 10.5. The molecular weight excluding hydrogens is 499 g/mol. The fourth-order valence-electron chi connectivity index (χ4n) is 4.09. The summed E-state index contributed by atoms with van der Waals surface area (Å²) in [4.78, 5) is 7.00. The molecule has 172 valence electrons. The van der Waals surface area contributed by atoms with Gasteiger partial charge in [-0.2, -0.15) is 5.10 Å². The first-order valence-corrected chi connectivity index (χ1v) is 11.3. The molecule has 3 rings (SSSR count). The molecule has 2 N–H and O–H groups in total. The summed E-state index contributed by atoms with van der Waals surface area (Å²) in [5.74, 6) is 1.76. The molecule has 1 aromatic carbocycles. The molecular formula is C24H39IN6. The van der Waals surface area contributed by atoms with Crippen LogP contribution < -0.4 is 10.6 Å². The van der Waals surface area contributed by atoms with Gasteiger partial charge in [0.1, 0.15) is 0 Å². The van der Waals surface area contributed by atoms with Crippen LogP contribution in [0.25, 0.3) is 5.69 Å². The average molecular weight is 539 g/mol. The van der Waals surface area contributed by atoms with Crippen LogP contribution in [0, 0.1) is 19.8 Å². The molecule has 1 aliphatic rings. The van der Waals surface area contributed by atoms with E-state index >= 15 is 0 Å². The molecule has 0 bridgehead atoms. The van der Waals surface area contributed by atoms with Crippen molar-refractivity contribution in [1.82, 2.24) is 25.3 Å². The molecule has 1 saturated heterocycles. The monoisotopic (exact) mass is 538 g/mol. The van der Waals surface area contributed by atoms with Crippen molar-refractivity contribution in [3.63, 3.8) is 0 Å². The van der Waals surface area contributed by atoms with Gasteiger partial charge in [-0.15, -0.1) is 24.0 Å². The summed E-state index contributed by atoms with van der Waals surface area (Å²) in [5.41, 5.74) is 4.49. The molecule has 6 nitrogen and oxygen atoms in total. The zero-order valence-electron chi connectivity index (χ0n) is 19.5. The third-order valence-corrected chi connectivity index (χ3v) is 5.97. The van der Waals surface area contributed by atoms with Crippen molar-refractivity contribution in [3.8, 4) is 5.69 Å². The quantitative estimate of drug-likeness (QED) is 0.228. The zero-order valence-corrected chi connectivity index (χ0v) is 21.9. The second kappa shape index (κ2) is 13.1. The molecule has 0 saturated carbocycles. The highest BCUT2D eigenvalue weighted by molar-refractivity contribution is 14.0. The maximum atomic E-state index is 4.64. The first-order chi connectivity index (χ1) is 14.6. The Labute approximate surface area is 204 Å². The molecule has 1 aromatic heterocycles. The van der Waals surface area contributed by atoms with Crippen molar-refractivity contribution in [1.29, 1.82) is 0 Å². The lowest BCUT2D eigenvalue weighted by Crippen LogP contribution is -2.38. The van der Waals surface area contributed by atoms with E-state index in [1.54, 1.807) is 0 Å². The van der Waals surface area contributed by atoms with Crippen LogP contribution in [-0.4, -0.2) is 53.9 Å². The first-order valence-electron chi connectivity index (χ1n) is 11.3. The number of para-hydroxylation sites is 1. The van der Waals surface area contributed by atoms with Crippen LogP contribution in [0.2, 0.25) is 0 Å². The Morgan fingerprint density at radius 1 is 1.13 bits per heavy atom. The summed E-state index contributed by atoms with van der Waals surface area (Å²) < 4.78 is 2.02. The summed E-state index contributed by atoms with van der Waals surface area (Å²) in [6.45, 7) is 11.9. The second-order valence-corrected chi connectivity index (χ2v) is 8.55. The highest BCUT2D eigenvalue weighted by Gasteiger charge is 2.14. The molecule has 31 heavy (non-hydrogen) atoms. The van der Waals surface area contributed by atoms with E-state index in [1.807, 2.05) is 18.7 Å². The van der Waals surface area contributed by atoms with Crippen molar-refractivity contribution in [2.24, 2.45) is 10.9 Å². The largest absolute Gasteiger partial charge is 0.356 e. The van der Waals surface area contributed by atoms with E-state index in [2.05, 4.69) is 69.8 Å². The van der Waals surface area contributed by atoms with Gasteiger partial charge in [0.15, 0.2) is 5.96 Å². The number of hydrogen-bond donors (Lipinski definition) is 2. The standard InChI is InChI=1S/C24H38N6.HI/c1-19-11-15-29(16-12-19)14-8-7-13-26-24(25-4)27-18-22-9-5-6-10-23(22)30-21(3)17-20(2)28-30;/h5-6,9-10,17,19H,7-8,11-16,18H2,1-4H3,(H2,25,26,27);1H. The predicted octanol–water partition coefficient (Wildman–Crippen LogP) is 4.28. The maximum absolute atomic E-state index is 4.64. The summed E-state index contributed by atoms with van der Waals surface area (Å²) in [7, 11) is 1.83. The number of aromatic nitrogens is 2. The van der Waals surface area contributed by atoms with Crippen LogP contribution in [0.1, 0.15) is 49.6 Å². The molecule has 0 spiro atoms. The smallest absolute Gasteiger partial charge is 0.191 e. The van der Waals surface area contributed by atoms with E-state index in [0.29, 0.717) is 6.54 Å². The number of hydrogen-bond acceptors (Lipinski definition) is 3. The molecule has 1 fully saturated rings. The SMILES string of the molecule is CN=C(NCCCCN1CCC(C)CC1)NCc1ccccc1-n1nc(C)cc1C.I. The van der Waals surface area contributed by atoms with Gasteiger partial charge in [0.2, 0.25) is 0 Å². The second-order valence-electron chi connectivity index (χ2n) is 8.55. The van der Waals surface area contributed by atoms with Gasteiger partial charge in [-0.1, -0.05) is 25.1 Å². The number of benzene rings is 1. The number of nitrogens with one attached hydrogen (secondary N) is 2. The normalized spacial score (nSPS) is 15.5. The Morgan fingerprint density at radius 2 is 1.87 bits per heavy atom. The first kappa shape index (κ1) is 25.6. The van der Waals surface area contributed by atoms with E-state index in [0.717, 1.165) is 41.9 Å². The van der Waals surface area contributed by atoms with E-state index in [9.17, 15) is 0 Å². The molecule has 0 atom stereocenters. The number of nitrogens with zero attached hydrogens (tertiary/aromatic N) is 4. The van der Waals surface area contributed by atoms with Gasteiger partial charge >= 0.3 is 0 Å². The number of likely N-dealkylation sites (tertiary alicyclic amines) is 1. The van der Waals surface area contributed by atoms with Gasteiger partial charge < -0.3 is 15.5 Å². The fraction of sp³-hybridized carbons (Fsp3) is 0.583. The maximum Gasteiger partial charge on any atom is 0.191 e. The minimum Gasteiger partial charge on any atom is -0.356 e. The highest BCUT2D eigenvalue weighted by atomic mass is 127. The fourth-order valence-corrected chi connectivity index (χ4v) is 4.09. The van der Waals surface area contributed by atoms with E-state index < -0.39 is 0 Å². The average Bonchev–Trinajstić information content (AvgIpc) is 3.09. The third-order valence-electron chi connectivity index (χ3n) is 5.97. The van der Waals surface area contributed by atoms with Gasteiger partial charge in [0, 0.05) is 25.8 Å². The number of aliphatic imine (C=N–C) groups is 1. The van der Waals surface area contributed by atoms with Crippen LogP contribution in [0.5, 0.6) is 0 Å². The van der Waals surface area contributed by atoms with E-state index in [4.69, 9.17) is 0 Å². The van der Waals surface area contributed by atoms with Crippen molar-refractivity contribution in [3.05, 3.63) is 47.3 Å². The van der Waals surface area contributed by atoms with Gasteiger partial charge in [-0.05, 0) is 82.8 Å². The zero-order chi connectivity index (χ0) is 21.3. The number of halogens is 1. The summed E-state index contributed by atoms with van der Waals surface area (Å²) in [5, 5.41) is 11.6. The van der Waals surface area contributed by atoms with Crippen molar-refractivity contribution < 1.29 is 0 Å². The van der Waals surface area contributed by atoms with Gasteiger partial charge in [-0.3, -0.25) is 4.99 Å². The Balaban J connectivity index is 0.00000341. The molecule has 2 heterocycles. The van der Waals surface area contributed by atoms with Gasteiger partial charge in [0.05, 0.1) is 11.4 Å². The van der Waals surface area contributed by atoms with Crippen LogP contribution in [0.15, 0.2) is 35.3 Å².